The molecule has 2 aromatic rings. The first-order valence-electron chi connectivity index (χ1n) is 11.0. The highest BCUT2D eigenvalue weighted by molar-refractivity contribution is 5.93. The third-order valence-electron chi connectivity index (χ3n) is 6.12. The second-order valence-corrected chi connectivity index (χ2v) is 9.04. The van der Waals surface area contributed by atoms with Crippen molar-refractivity contribution in [2.45, 2.75) is 52.5 Å². The molecule has 2 rings (SSSR count). The number of hydrogen-bond donors (Lipinski definition) is 2. The molecule has 5 heteroatoms. The second-order valence-electron chi connectivity index (χ2n) is 9.04. The highest BCUT2D eigenvalue weighted by Gasteiger charge is 2.21. The Kier molecular flexibility index (Phi) is 8.81. The molecule has 0 aliphatic carbocycles. The smallest absolute Gasteiger partial charge is 0.248 e. The van der Waals surface area contributed by atoms with Crippen molar-refractivity contribution in [2.24, 2.45) is 11.7 Å². The van der Waals surface area contributed by atoms with E-state index in [1.54, 1.807) is 0 Å². The van der Waals surface area contributed by atoms with E-state index in [1.165, 1.54) is 11.1 Å². The number of likely N-dealkylation sites (N-methyl/N-ethyl adjacent to an activating group) is 1. The van der Waals surface area contributed by atoms with E-state index in [0.717, 1.165) is 17.5 Å². The molecular weight excluding hydrogens is 386 g/mol. The minimum atomic E-state index is -0.410. The maximum absolute atomic E-state index is 12.8. The minimum Gasteiger partial charge on any atom is -0.366 e. The van der Waals surface area contributed by atoms with Crippen LogP contribution < -0.4 is 11.1 Å². The fourth-order valence-corrected chi connectivity index (χ4v) is 4.07. The van der Waals surface area contributed by atoms with E-state index in [4.69, 9.17) is 5.73 Å². The van der Waals surface area contributed by atoms with Gasteiger partial charge in [-0.05, 0) is 80.6 Å². The van der Waals surface area contributed by atoms with Gasteiger partial charge in [-0.1, -0.05) is 44.2 Å². The number of carbonyl (C=O) groups is 2. The van der Waals surface area contributed by atoms with Gasteiger partial charge in [0.05, 0.1) is 0 Å². The molecule has 0 radical (unpaired) electrons. The van der Waals surface area contributed by atoms with Crippen molar-refractivity contribution in [1.82, 2.24) is 10.2 Å². The number of benzene rings is 2. The van der Waals surface area contributed by atoms with E-state index < -0.39 is 5.91 Å². The monoisotopic (exact) mass is 423 g/mol. The number of amides is 2. The molecule has 0 spiro atoms. The summed E-state index contributed by atoms with van der Waals surface area (Å²) in [6, 6.07) is 14.1. The summed E-state index contributed by atoms with van der Waals surface area (Å²) in [6.07, 6.45) is 1.27. The van der Waals surface area contributed by atoms with E-state index in [1.807, 2.05) is 58.3 Å². The largest absolute Gasteiger partial charge is 0.366 e. The molecule has 2 atom stereocenters. The van der Waals surface area contributed by atoms with E-state index >= 15 is 0 Å². The van der Waals surface area contributed by atoms with Crippen molar-refractivity contribution in [3.05, 3.63) is 70.3 Å². The Morgan fingerprint density at radius 2 is 1.61 bits per heavy atom. The lowest BCUT2D eigenvalue weighted by Gasteiger charge is -2.27. The zero-order valence-electron chi connectivity index (χ0n) is 19.7. The molecule has 0 aromatic heterocycles. The average Bonchev–Trinajstić information content (AvgIpc) is 2.70. The summed E-state index contributed by atoms with van der Waals surface area (Å²) in [5.41, 5.74) is 10.5. The Hall–Kier alpha value is -2.66. The molecule has 168 valence electrons. The number of aryl methyl sites for hydroxylation is 2. The zero-order valence-corrected chi connectivity index (χ0v) is 19.7. The molecule has 2 amide bonds. The van der Waals surface area contributed by atoms with E-state index in [0.29, 0.717) is 24.4 Å². The highest BCUT2D eigenvalue weighted by Crippen LogP contribution is 2.27. The SMILES string of the molecule is Cc1cc(C(N)=O)cc(C)c1CC(CNC(=O)CC(c1ccccc1)C(C)C)N(C)C. The number of hydrogen-bond acceptors (Lipinski definition) is 3. The molecule has 0 aliphatic rings. The van der Waals surface area contributed by atoms with Gasteiger partial charge in [0, 0.05) is 24.6 Å². The summed E-state index contributed by atoms with van der Waals surface area (Å²) in [7, 11) is 4.06. The van der Waals surface area contributed by atoms with Gasteiger partial charge in [0.1, 0.15) is 0 Å². The lowest BCUT2D eigenvalue weighted by molar-refractivity contribution is -0.121. The quantitative estimate of drug-likeness (QED) is 0.610. The first kappa shape index (κ1) is 24.6. The normalized spacial score (nSPS) is 13.3. The van der Waals surface area contributed by atoms with Gasteiger partial charge in [-0.15, -0.1) is 0 Å². The summed E-state index contributed by atoms with van der Waals surface area (Å²) in [5.74, 6) is 0.246. The van der Waals surface area contributed by atoms with Crippen LogP contribution in [0.25, 0.3) is 0 Å². The molecule has 0 bridgehead atoms. The molecular formula is C26H37N3O2. The molecule has 0 aliphatic heterocycles. The van der Waals surface area contributed by atoms with Crippen molar-refractivity contribution < 1.29 is 9.59 Å². The van der Waals surface area contributed by atoms with Crippen LogP contribution in [0.2, 0.25) is 0 Å². The van der Waals surface area contributed by atoms with Crippen LogP contribution in [-0.2, 0) is 11.2 Å². The summed E-state index contributed by atoms with van der Waals surface area (Å²) in [4.78, 5) is 26.4. The predicted molar refractivity (Wildman–Crippen MR) is 127 cm³/mol. The fourth-order valence-electron chi connectivity index (χ4n) is 4.07. The number of nitrogens with two attached hydrogens (primary N) is 1. The third kappa shape index (κ3) is 6.93. The minimum absolute atomic E-state index is 0.0759. The number of carbonyl (C=O) groups excluding carboxylic acids is 2. The summed E-state index contributed by atoms with van der Waals surface area (Å²) < 4.78 is 0. The number of nitrogens with zero attached hydrogens (tertiary/aromatic N) is 1. The first-order valence-corrected chi connectivity index (χ1v) is 11.0. The topological polar surface area (TPSA) is 75.4 Å². The van der Waals surface area contributed by atoms with Crippen LogP contribution in [0.3, 0.4) is 0 Å². The van der Waals surface area contributed by atoms with Gasteiger partial charge in [-0.2, -0.15) is 0 Å². The van der Waals surface area contributed by atoms with Gasteiger partial charge in [0.2, 0.25) is 11.8 Å². The summed E-state index contributed by atoms with van der Waals surface area (Å²) >= 11 is 0. The molecule has 0 heterocycles. The number of rotatable bonds is 10. The maximum atomic E-state index is 12.8. The standard InChI is InChI=1S/C26H37N3O2/c1-17(2)23(20-10-8-7-9-11-20)15-25(30)28-16-22(29(5)6)14-24-18(3)12-21(26(27)31)13-19(24)4/h7-13,17,22-23H,14-16H2,1-6H3,(H2,27,31)(H,28,30). The summed E-state index contributed by atoms with van der Waals surface area (Å²) in [6.45, 7) is 8.91. The van der Waals surface area contributed by atoms with Crippen LogP contribution in [-0.4, -0.2) is 43.4 Å². The molecule has 31 heavy (non-hydrogen) atoms. The second kappa shape index (κ2) is 11.1. The van der Waals surface area contributed by atoms with E-state index in [9.17, 15) is 9.59 Å². The van der Waals surface area contributed by atoms with Crippen molar-refractivity contribution in [1.29, 1.82) is 0 Å². The number of primary amides is 1. The van der Waals surface area contributed by atoms with Crippen LogP contribution in [0.5, 0.6) is 0 Å². The van der Waals surface area contributed by atoms with Gasteiger partial charge >= 0.3 is 0 Å². The molecule has 3 N–H and O–H groups in total. The Balaban J connectivity index is 2.06. The van der Waals surface area contributed by atoms with Gasteiger partial charge in [-0.25, -0.2) is 0 Å². The van der Waals surface area contributed by atoms with E-state index in [2.05, 4.69) is 36.2 Å². The Labute approximate surface area is 187 Å². The number of nitrogens with one attached hydrogen (secondary N) is 1. The van der Waals surface area contributed by atoms with Crippen molar-refractivity contribution in [2.75, 3.05) is 20.6 Å². The van der Waals surface area contributed by atoms with Gasteiger partial charge in [-0.3, -0.25) is 9.59 Å². The lowest BCUT2D eigenvalue weighted by Crippen LogP contribution is -2.42. The van der Waals surface area contributed by atoms with Crippen LogP contribution in [0.1, 0.15) is 58.8 Å². The first-order chi connectivity index (χ1) is 14.6. The Morgan fingerprint density at radius 3 is 2.10 bits per heavy atom. The van der Waals surface area contributed by atoms with Crippen molar-refractivity contribution in [3.63, 3.8) is 0 Å². The zero-order chi connectivity index (χ0) is 23.1. The van der Waals surface area contributed by atoms with Crippen molar-refractivity contribution in [3.8, 4) is 0 Å². The Bertz CT molecular complexity index is 868. The Morgan fingerprint density at radius 1 is 1.03 bits per heavy atom. The highest BCUT2D eigenvalue weighted by atomic mass is 16.1. The van der Waals surface area contributed by atoms with Crippen LogP contribution in [0.15, 0.2) is 42.5 Å². The lowest BCUT2D eigenvalue weighted by atomic mass is 9.85. The molecule has 2 unspecified atom stereocenters. The molecule has 0 saturated carbocycles. The molecule has 0 saturated heterocycles. The third-order valence-corrected chi connectivity index (χ3v) is 6.12. The van der Waals surface area contributed by atoms with Crippen LogP contribution >= 0.6 is 0 Å². The average molecular weight is 424 g/mol. The maximum Gasteiger partial charge on any atom is 0.248 e. The van der Waals surface area contributed by atoms with Crippen molar-refractivity contribution >= 4 is 11.8 Å². The molecule has 0 fully saturated rings. The summed E-state index contributed by atoms with van der Waals surface area (Å²) in [5, 5.41) is 3.15. The van der Waals surface area contributed by atoms with Crippen LogP contribution in [0.4, 0.5) is 0 Å². The predicted octanol–water partition coefficient (Wildman–Crippen LogP) is 3.82. The van der Waals surface area contributed by atoms with E-state index in [-0.39, 0.29) is 17.9 Å². The van der Waals surface area contributed by atoms with Gasteiger partial charge in [0.15, 0.2) is 0 Å². The van der Waals surface area contributed by atoms with Gasteiger partial charge in [0.25, 0.3) is 0 Å². The molecule has 5 nitrogen and oxygen atoms in total. The van der Waals surface area contributed by atoms with Crippen LogP contribution in [0, 0.1) is 19.8 Å². The van der Waals surface area contributed by atoms with Gasteiger partial charge < -0.3 is 16.0 Å². The molecule has 2 aromatic carbocycles. The fraction of sp³-hybridized carbons (Fsp3) is 0.462.